The third-order valence-electron chi connectivity index (χ3n) is 4.15. The van der Waals surface area contributed by atoms with Gasteiger partial charge in [0, 0.05) is 6.54 Å². The minimum atomic E-state index is -0.521. The summed E-state index contributed by atoms with van der Waals surface area (Å²) in [5.74, 6) is -0.834. The Balaban J connectivity index is 2.89. The highest BCUT2D eigenvalue weighted by Gasteiger charge is 2.14. The maximum atomic E-state index is 11.6. The highest BCUT2D eigenvalue weighted by Crippen LogP contribution is 2.25. The highest BCUT2D eigenvalue weighted by molar-refractivity contribution is 5.94. The molecule has 1 amide bonds. The maximum Gasteiger partial charge on any atom is 0.315 e. The Morgan fingerprint density at radius 1 is 0.900 bits per heavy atom. The molecule has 0 unspecified atom stereocenters. The number of carbonyl (C=O) groups excluding carboxylic acids is 2. The lowest BCUT2D eigenvalue weighted by molar-refractivity contribution is -0.143. The predicted molar refractivity (Wildman–Crippen MR) is 78.6 cm³/mol. The van der Waals surface area contributed by atoms with E-state index in [9.17, 15) is 9.59 Å². The van der Waals surface area contributed by atoms with Gasteiger partial charge < -0.3 is 10.1 Å². The summed E-state index contributed by atoms with van der Waals surface area (Å²) in [6, 6.07) is 0. The monoisotopic (exact) mass is 277 g/mol. The topological polar surface area (TPSA) is 55.4 Å². The minimum absolute atomic E-state index is 0.238. The van der Waals surface area contributed by atoms with Crippen LogP contribution in [0, 0.1) is 34.6 Å². The van der Waals surface area contributed by atoms with E-state index in [1.165, 1.54) is 34.9 Å². The average molecular weight is 277 g/mol. The summed E-state index contributed by atoms with van der Waals surface area (Å²) >= 11 is 0. The zero-order chi connectivity index (χ0) is 15.4. The summed E-state index contributed by atoms with van der Waals surface area (Å²) in [5.41, 5.74) is 7.33. The maximum absolute atomic E-state index is 11.6. The Morgan fingerprint density at radius 2 is 1.35 bits per heavy atom. The molecule has 0 atom stereocenters. The molecule has 0 aliphatic carbocycles. The number of hydrogen-bond acceptors (Lipinski definition) is 3. The molecular formula is C16H23NO3. The average Bonchev–Trinajstić information content (AvgIpc) is 2.42. The molecule has 0 aromatic heterocycles. The lowest BCUT2D eigenvalue weighted by Crippen LogP contribution is -2.26. The van der Waals surface area contributed by atoms with Crippen LogP contribution in [0.4, 0.5) is 0 Å². The number of rotatable bonds is 4. The summed E-state index contributed by atoms with van der Waals surface area (Å²) in [4.78, 5) is 22.7. The van der Waals surface area contributed by atoms with E-state index >= 15 is 0 Å². The number of methoxy groups -OCH3 is 1. The number of esters is 1. The van der Waals surface area contributed by atoms with E-state index in [1.54, 1.807) is 0 Å². The largest absolute Gasteiger partial charge is 0.469 e. The van der Waals surface area contributed by atoms with Crippen LogP contribution in [-0.4, -0.2) is 19.0 Å². The van der Waals surface area contributed by atoms with Gasteiger partial charge in [-0.05, 0) is 68.0 Å². The van der Waals surface area contributed by atoms with E-state index in [2.05, 4.69) is 44.7 Å². The lowest BCUT2D eigenvalue weighted by atomic mass is 9.89. The predicted octanol–water partition coefficient (Wildman–Crippen LogP) is 2.41. The fraction of sp³-hybridized carbons (Fsp3) is 0.500. The van der Waals surface area contributed by atoms with Crippen LogP contribution < -0.4 is 5.32 Å². The van der Waals surface area contributed by atoms with Crippen LogP contribution >= 0.6 is 0 Å². The number of ether oxygens (including phenoxy) is 1. The molecule has 0 aliphatic heterocycles. The van der Waals surface area contributed by atoms with Crippen LogP contribution in [0.15, 0.2) is 0 Å². The van der Waals surface area contributed by atoms with Crippen LogP contribution in [0.1, 0.15) is 39.8 Å². The van der Waals surface area contributed by atoms with Gasteiger partial charge in [0.25, 0.3) is 0 Å². The Kier molecular flexibility index (Phi) is 5.31. The zero-order valence-electron chi connectivity index (χ0n) is 13.1. The van der Waals surface area contributed by atoms with Crippen molar-refractivity contribution < 1.29 is 14.3 Å². The fourth-order valence-corrected chi connectivity index (χ4v) is 2.30. The standard InChI is InChI=1S/C16H23NO3/c1-9-10(2)12(4)14(13(5)11(9)3)8-17-15(18)7-16(19)20-6/h7-8H2,1-6H3,(H,17,18). The van der Waals surface area contributed by atoms with Gasteiger partial charge in [-0.3, -0.25) is 9.59 Å². The van der Waals surface area contributed by atoms with Gasteiger partial charge in [0.05, 0.1) is 7.11 Å². The minimum Gasteiger partial charge on any atom is -0.469 e. The number of nitrogens with one attached hydrogen (secondary N) is 1. The van der Waals surface area contributed by atoms with Crippen molar-refractivity contribution in [2.45, 2.75) is 47.6 Å². The van der Waals surface area contributed by atoms with Crippen molar-refractivity contribution in [2.75, 3.05) is 7.11 Å². The molecule has 110 valence electrons. The normalized spacial score (nSPS) is 10.3. The molecule has 4 heteroatoms. The molecule has 20 heavy (non-hydrogen) atoms. The van der Waals surface area contributed by atoms with E-state index < -0.39 is 5.97 Å². The summed E-state index contributed by atoms with van der Waals surface area (Å²) in [5, 5.41) is 2.78. The van der Waals surface area contributed by atoms with Gasteiger partial charge in [-0.1, -0.05) is 0 Å². The molecular weight excluding hydrogens is 254 g/mol. The highest BCUT2D eigenvalue weighted by atomic mass is 16.5. The number of amides is 1. The molecule has 0 heterocycles. The quantitative estimate of drug-likeness (QED) is 0.679. The SMILES string of the molecule is COC(=O)CC(=O)NCc1c(C)c(C)c(C)c(C)c1C. The molecule has 0 saturated heterocycles. The number of carbonyl (C=O) groups is 2. The third kappa shape index (κ3) is 3.38. The summed E-state index contributed by atoms with van der Waals surface area (Å²) in [6.07, 6.45) is -0.238. The van der Waals surface area contributed by atoms with Crippen molar-refractivity contribution in [1.82, 2.24) is 5.32 Å². The van der Waals surface area contributed by atoms with Crippen LogP contribution in [0.3, 0.4) is 0 Å². The first-order valence-corrected chi connectivity index (χ1v) is 6.68. The van der Waals surface area contributed by atoms with Gasteiger partial charge >= 0.3 is 5.97 Å². The Hall–Kier alpha value is -1.84. The van der Waals surface area contributed by atoms with Gasteiger partial charge in [-0.25, -0.2) is 0 Å². The van der Waals surface area contributed by atoms with Crippen LogP contribution in [0.25, 0.3) is 0 Å². The first kappa shape index (κ1) is 16.2. The second kappa shape index (κ2) is 6.55. The second-order valence-electron chi connectivity index (χ2n) is 5.13. The van der Waals surface area contributed by atoms with Crippen molar-refractivity contribution in [3.8, 4) is 0 Å². The number of hydrogen-bond donors (Lipinski definition) is 1. The first-order chi connectivity index (χ1) is 9.29. The molecule has 0 bridgehead atoms. The van der Waals surface area contributed by atoms with Gasteiger partial charge in [0.2, 0.25) is 5.91 Å². The summed E-state index contributed by atoms with van der Waals surface area (Å²) in [7, 11) is 1.27. The second-order valence-corrected chi connectivity index (χ2v) is 5.13. The molecule has 0 spiro atoms. The van der Waals surface area contributed by atoms with Crippen molar-refractivity contribution in [1.29, 1.82) is 0 Å². The molecule has 0 radical (unpaired) electrons. The molecule has 4 nitrogen and oxygen atoms in total. The summed E-state index contributed by atoms with van der Waals surface area (Å²) in [6.45, 7) is 10.9. The zero-order valence-corrected chi connectivity index (χ0v) is 13.1. The van der Waals surface area contributed by atoms with Crippen LogP contribution in [0.5, 0.6) is 0 Å². The Bertz CT molecular complexity index is 518. The smallest absolute Gasteiger partial charge is 0.315 e. The molecule has 0 saturated carbocycles. The van der Waals surface area contributed by atoms with Gasteiger partial charge in [-0.2, -0.15) is 0 Å². The van der Waals surface area contributed by atoms with Crippen LogP contribution in [0.2, 0.25) is 0 Å². The fourth-order valence-electron chi connectivity index (χ4n) is 2.30. The molecule has 0 aliphatic rings. The van der Waals surface area contributed by atoms with Gasteiger partial charge in [-0.15, -0.1) is 0 Å². The molecule has 1 aromatic rings. The van der Waals surface area contributed by atoms with E-state index in [1.807, 2.05) is 0 Å². The Labute approximate surface area is 120 Å². The van der Waals surface area contributed by atoms with Crippen LogP contribution in [-0.2, 0) is 20.9 Å². The summed E-state index contributed by atoms with van der Waals surface area (Å²) < 4.78 is 4.47. The molecule has 1 aromatic carbocycles. The number of benzene rings is 1. The molecule has 1 N–H and O–H groups in total. The molecule has 1 rings (SSSR count). The van der Waals surface area contributed by atoms with E-state index in [0.29, 0.717) is 6.54 Å². The third-order valence-corrected chi connectivity index (χ3v) is 4.15. The van der Waals surface area contributed by atoms with Crippen molar-refractivity contribution in [3.63, 3.8) is 0 Å². The van der Waals surface area contributed by atoms with Gasteiger partial charge in [0.15, 0.2) is 0 Å². The van der Waals surface area contributed by atoms with Crippen molar-refractivity contribution in [3.05, 3.63) is 33.4 Å². The van der Waals surface area contributed by atoms with E-state index in [0.717, 1.165) is 5.56 Å². The van der Waals surface area contributed by atoms with Crippen molar-refractivity contribution in [2.24, 2.45) is 0 Å². The lowest BCUT2D eigenvalue weighted by Gasteiger charge is -2.19. The van der Waals surface area contributed by atoms with Gasteiger partial charge in [0.1, 0.15) is 6.42 Å². The van der Waals surface area contributed by atoms with Crippen molar-refractivity contribution >= 4 is 11.9 Å². The van der Waals surface area contributed by atoms with E-state index in [-0.39, 0.29) is 12.3 Å². The molecule has 0 fully saturated rings. The van der Waals surface area contributed by atoms with E-state index in [4.69, 9.17) is 0 Å². The Morgan fingerprint density at radius 3 is 1.80 bits per heavy atom. The first-order valence-electron chi connectivity index (χ1n) is 6.68.